The van der Waals surface area contributed by atoms with Crippen LogP contribution in [0.1, 0.15) is 38.2 Å². The molecule has 1 aliphatic rings. The van der Waals surface area contributed by atoms with Gasteiger partial charge in [-0.3, -0.25) is 4.90 Å². The van der Waals surface area contributed by atoms with Gasteiger partial charge < -0.3 is 15.2 Å². The van der Waals surface area contributed by atoms with Crippen molar-refractivity contribution in [2.24, 2.45) is 0 Å². The summed E-state index contributed by atoms with van der Waals surface area (Å²) in [4.78, 5) is 2.44. The van der Waals surface area contributed by atoms with Gasteiger partial charge in [0.15, 0.2) is 0 Å². The van der Waals surface area contributed by atoms with Crippen LogP contribution in [0, 0.1) is 0 Å². The number of nitrogens with zero attached hydrogens (tertiary/aromatic N) is 1. The standard InChI is InChI=1S/C17H28N2O2/c1-3-10-19(13-15-6-4-5-9-18-15)12-14-7-8-16(21-2)11-17(14)20/h7-8,11,15,18,20H,3-6,9-10,12-13H2,1-2H3. The molecule has 0 saturated carbocycles. The van der Waals surface area contributed by atoms with Gasteiger partial charge in [-0.25, -0.2) is 0 Å². The largest absolute Gasteiger partial charge is 0.507 e. The Bertz CT molecular complexity index is 431. The van der Waals surface area contributed by atoms with Crippen LogP contribution in [-0.4, -0.2) is 42.8 Å². The zero-order valence-electron chi connectivity index (χ0n) is 13.3. The van der Waals surface area contributed by atoms with Gasteiger partial charge in [0, 0.05) is 30.8 Å². The molecule has 1 fully saturated rings. The lowest BCUT2D eigenvalue weighted by Crippen LogP contribution is -2.43. The van der Waals surface area contributed by atoms with Crippen molar-refractivity contribution < 1.29 is 9.84 Å². The van der Waals surface area contributed by atoms with E-state index in [4.69, 9.17) is 4.74 Å². The van der Waals surface area contributed by atoms with E-state index in [9.17, 15) is 5.11 Å². The molecule has 1 unspecified atom stereocenters. The molecule has 1 saturated heterocycles. The summed E-state index contributed by atoms with van der Waals surface area (Å²) in [5.41, 5.74) is 0.972. The van der Waals surface area contributed by atoms with Gasteiger partial charge in [-0.05, 0) is 38.4 Å². The zero-order valence-corrected chi connectivity index (χ0v) is 13.3. The van der Waals surface area contributed by atoms with E-state index in [0.717, 1.165) is 38.2 Å². The van der Waals surface area contributed by atoms with Gasteiger partial charge in [0.2, 0.25) is 0 Å². The Morgan fingerprint density at radius 3 is 2.86 bits per heavy atom. The lowest BCUT2D eigenvalue weighted by atomic mass is 10.0. The summed E-state index contributed by atoms with van der Waals surface area (Å²) in [5, 5.41) is 13.7. The van der Waals surface area contributed by atoms with Gasteiger partial charge >= 0.3 is 0 Å². The van der Waals surface area contributed by atoms with Crippen molar-refractivity contribution in [2.75, 3.05) is 26.7 Å². The molecule has 21 heavy (non-hydrogen) atoms. The molecule has 4 nitrogen and oxygen atoms in total. The predicted molar refractivity (Wildman–Crippen MR) is 85.9 cm³/mol. The van der Waals surface area contributed by atoms with E-state index in [2.05, 4.69) is 17.1 Å². The SMILES string of the molecule is CCCN(Cc1ccc(OC)cc1O)CC1CCCCN1. The Balaban J connectivity index is 1.97. The molecule has 118 valence electrons. The van der Waals surface area contributed by atoms with E-state index in [1.54, 1.807) is 13.2 Å². The normalized spacial score (nSPS) is 18.9. The molecule has 1 heterocycles. The first-order chi connectivity index (χ1) is 10.2. The van der Waals surface area contributed by atoms with E-state index < -0.39 is 0 Å². The first-order valence-corrected chi connectivity index (χ1v) is 8.04. The summed E-state index contributed by atoms with van der Waals surface area (Å²) in [7, 11) is 1.62. The molecule has 4 heteroatoms. The Labute approximate surface area is 128 Å². The highest BCUT2D eigenvalue weighted by atomic mass is 16.5. The smallest absolute Gasteiger partial charge is 0.123 e. The molecule has 0 aliphatic carbocycles. The lowest BCUT2D eigenvalue weighted by molar-refractivity contribution is 0.215. The van der Waals surface area contributed by atoms with E-state index >= 15 is 0 Å². The van der Waals surface area contributed by atoms with Gasteiger partial charge in [0.05, 0.1) is 7.11 Å². The quantitative estimate of drug-likeness (QED) is 0.811. The maximum atomic E-state index is 10.1. The van der Waals surface area contributed by atoms with Crippen LogP contribution in [0.5, 0.6) is 11.5 Å². The second-order valence-electron chi connectivity index (χ2n) is 5.88. The van der Waals surface area contributed by atoms with Crippen molar-refractivity contribution in [3.8, 4) is 11.5 Å². The fourth-order valence-electron chi connectivity index (χ4n) is 2.99. The number of methoxy groups -OCH3 is 1. The third kappa shape index (κ3) is 4.90. The van der Waals surface area contributed by atoms with Crippen LogP contribution in [0.4, 0.5) is 0 Å². The Kier molecular flexibility index (Phi) is 6.33. The minimum Gasteiger partial charge on any atom is -0.507 e. The summed E-state index contributed by atoms with van der Waals surface area (Å²) < 4.78 is 5.14. The Morgan fingerprint density at radius 1 is 1.38 bits per heavy atom. The fourth-order valence-corrected chi connectivity index (χ4v) is 2.99. The van der Waals surface area contributed by atoms with Crippen LogP contribution < -0.4 is 10.1 Å². The van der Waals surface area contributed by atoms with Crippen LogP contribution in [0.2, 0.25) is 0 Å². The molecule has 0 amide bonds. The molecule has 0 spiro atoms. The molecule has 1 atom stereocenters. The molecular weight excluding hydrogens is 264 g/mol. The summed E-state index contributed by atoms with van der Waals surface area (Å²) in [6, 6.07) is 6.16. The van der Waals surface area contributed by atoms with Crippen LogP contribution in [0.3, 0.4) is 0 Å². The molecule has 1 aromatic rings. The molecule has 2 rings (SSSR count). The molecule has 1 aromatic carbocycles. The number of hydrogen-bond acceptors (Lipinski definition) is 4. The van der Waals surface area contributed by atoms with E-state index in [1.165, 1.54) is 19.3 Å². The second-order valence-corrected chi connectivity index (χ2v) is 5.88. The van der Waals surface area contributed by atoms with Gasteiger partial charge in [-0.2, -0.15) is 0 Å². The number of hydrogen-bond donors (Lipinski definition) is 2. The molecule has 2 N–H and O–H groups in total. The highest BCUT2D eigenvalue weighted by Gasteiger charge is 2.17. The van der Waals surface area contributed by atoms with E-state index in [1.807, 2.05) is 12.1 Å². The minimum atomic E-state index is 0.326. The van der Waals surface area contributed by atoms with Crippen molar-refractivity contribution in [2.45, 2.75) is 45.2 Å². The third-order valence-electron chi connectivity index (χ3n) is 4.12. The van der Waals surface area contributed by atoms with Crippen molar-refractivity contribution >= 4 is 0 Å². The number of aromatic hydroxyl groups is 1. The van der Waals surface area contributed by atoms with E-state index in [0.29, 0.717) is 17.5 Å². The summed E-state index contributed by atoms with van der Waals surface area (Å²) in [6.45, 7) is 6.25. The molecule has 0 radical (unpaired) electrons. The number of rotatable bonds is 7. The predicted octanol–water partition coefficient (Wildman–Crippen LogP) is 2.75. The third-order valence-corrected chi connectivity index (χ3v) is 4.12. The summed E-state index contributed by atoms with van der Waals surface area (Å²) in [5.74, 6) is 1.03. The number of benzene rings is 1. The first kappa shape index (κ1) is 16.1. The first-order valence-electron chi connectivity index (χ1n) is 8.04. The van der Waals surface area contributed by atoms with Crippen LogP contribution in [-0.2, 0) is 6.54 Å². The van der Waals surface area contributed by atoms with Crippen LogP contribution in [0.25, 0.3) is 0 Å². The van der Waals surface area contributed by atoms with Crippen LogP contribution in [0.15, 0.2) is 18.2 Å². The van der Waals surface area contributed by atoms with Crippen molar-refractivity contribution in [1.82, 2.24) is 10.2 Å². The summed E-state index contributed by atoms with van der Waals surface area (Å²) in [6.07, 6.45) is 5.01. The monoisotopic (exact) mass is 292 g/mol. The van der Waals surface area contributed by atoms with E-state index in [-0.39, 0.29) is 0 Å². The fraction of sp³-hybridized carbons (Fsp3) is 0.647. The zero-order chi connectivity index (χ0) is 15.1. The van der Waals surface area contributed by atoms with Gasteiger partial charge in [-0.1, -0.05) is 19.4 Å². The maximum absolute atomic E-state index is 10.1. The lowest BCUT2D eigenvalue weighted by Gasteiger charge is -2.30. The number of phenols is 1. The molecule has 1 aliphatic heterocycles. The number of ether oxygens (including phenoxy) is 1. The highest BCUT2D eigenvalue weighted by Crippen LogP contribution is 2.25. The number of nitrogens with one attached hydrogen (secondary N) is 1. The number of phenolic OH excluding ortho intramolecular Hbond substituents is 1. The number of piperidine rings is 1. The molecular formula is C17H28N2O2. The minimum absolute atomic E-state index is 0.326. The van der Waals surface area contributed by atoms with Crippen molar-refractivity contribution in [3.63, 3.8) is 0 Å². The molecule has 0 bridgehead atoms. The highest BCUT2D eigenvalue weighted by molar-refractivity contribution is 5.39. The van der Waals surface area contributed by atoms with Crippen LogP contribution >= 0.6 is 0 Å². The Hall–Kier alpha value is -1.26. The average molecular weight is 292 g/mol. The van der Waals surface area contributed by atoms with Crippen molar-refractivity contribution in [1.29, 1.82) is 0 Å². The van der Waals surface area contributed by atoms with Gasteiger partial charge in [-0.15, -0.1) is 0 Å². The molecule has 0 aromatic heterocycles. The topological polar surface area (TPSA) is 44.7 Å². The Morgan fingerprint density at radius 2 is 2.24 bits per heavy atom. The van der Waals surface area contributed by atoms with Gasteiger partial charge in [0.1, 0.15) is 11.5 Å². The second kappa shape index (κ2) is 8.25. The van der Waals surface area contributed by atoms with Crippen molar-refractivity contribution in [3.05, 3.63) is 23.8 Å². The average Bonchev–Trinajstić information content (AvgIpc) is 2.50. The summed E-state index contributed by atoms with van der Waals surface area (Å²) >= 11 is 0. The maximum Gasteiger partial charge on any atom is 0.123 e. The van der Waals surface area contributed by atoms with Gasteiger partial charge in [0.25, 0.3) is 0 Å².